The van der Waals surface area contributed by atoms with E-state index in [0.29, 0.717) is 24.8 Å². The topological polar surface area (TPSA) is 45.9 Å². The summed E-state index contributed by atoms with van der Waals surface area (Å²) in [6.07, 6.45) is 5.15. The number of morpholine rings is 1. The molecule has 1 aromatic heterocycles. The minimum atomic E-state index is 0.263. The fourth-order valence-electron chi connectivity index (χ4n) is 3.76. The molecule has 1 amide bonds. The van der Waals surface area contributed by atoms with Gasteiger partial charge in [0.1, 0.15) is 5.76 Å². The van der Waals surface area contributed by atoms with Crippen LogP contribution in [0.15, 0.2) is 22.8 Å². The summed E-state index contributed by atoms with van der Waals surface area (Å²) in [5.41, 5.74) is 0. The van der Waals surface area contributed by atoms with Crippen LogP contribution in [0.4, 0.5) is 0 Å². The van der Waals surface area contributed by atoms with Crippen molar-refractivity contribution >= 4 is 5.91 Å². The van der Waals surface area contributed by atoms with Gasteiger partial charge in [0.05, 0.1) is 19.5 Å². The molecular formula is C18H28N2O3. The average molecular weight is 320 g/mol. The predicted molar refractivity (Wildman–Crippen MR) is 88.2 cm³/mol. The molecule has 2 aliphatic heterocycles. The summed E-state index contributed by atoms with van der Waals surface area (Å²) in [6, 6.07) is 4.40. The van der Waals surface area contributed by atoms with E-state index in [9.17, 15) is 4.79 Å². The molecule has 1 atom stereocenters. The van der Waals surface area contributed by atoms with Crippen LogP contribution in [-0.2, 0) is 16.0 Å². The number of likely N-dealkylation sites (tertiary alicyclic amines) is 1. The summed E-state index contributed by atoms with van der Waals surface area (Å²) in [7, 11) is 0. The summed E-state index contributed by atoms with van der Waals surface area (Å²) in [5, 5.41) is 0. The molecule has 3 rings (SSSR count). The minimum absolute atomic E-state index is 0.263. The van der Waals surface area contributed by atoms with Crippen molar-refractivity contribution in [1.29, 1.82) is 0 Å². The lowest BCUT2D eigenvalue weighted by Crippen LogP contribution is -2.49. The van der Waals surface area contributed by atoms with Gasteiger partial charge in [-0.3, -0.25) is 9.69 Å². The second-order valence-corrected chi connectivity index (χ2v) is 6.69. The molecule has 2 fully saturated rings. The molecule has 0 spiro atoms. The standard InChI is InChI=1S/C18H28N2O3/c1-15(19-10-13-22-14-11-19)16-6-8-20(9-7-16)18(21)5-4-17-3-2-12-23-17/h2-3,12,15-16H,4-11,13-14H2,1H3. The quantitative estimate of drug-likeness (QED) is 0.834. The predicted octanol–water partition coefficient (Wildman–Crippen LogP) is 2.17. The average Bonchev–Trinajstić information content (AvgIpc) is 3.13. The molecule has 1 unspecified atom stereocenters. The van der Waals surface area contributed by atoms with E-state index >= 15 is 0 Å². The molecular weight excluding hydrogens is 292 g/mol. The van der Waals surface area contributed by atoms with Crippen molar-refractivity contribution < 1.29 is 13.9 Å². The highest BCUT2D eigenvalue weighted by Crippen LogP contribution is 2.25. The number of carbonyl (C=O) groups excluding carboxylic acids is 1. The van der Waals surface area contributed by atoms with Gasteiger partial charge in [0.25, 0.3) is 0 Å². The Bertz CT molecular complexity index is 474. The number of piperidine rings is 1. The van der Waals surface area contributed by atoms with Crippen LogP contribution in [0.3, 0.4) is 0 Å². The molecule has 128 valence electrons. The first-order chi connectivity index (χ1) is 11.2. The van der Waals surface area contributed by atoms with Crippen molar-refractivity contribution in [2.75, 3.05) is 39.4 Å². The Kier molecular flexibility index (Phi) is 5.73. The molecule has 0 N–H and O–H groups in total. The number of carbonyl (C=O) groups is 1. The van der Waals surface area contributed by atoms with Gasteiger partial charge in [0.15, 0.2) is 0 Å². The van der Waals surface area contributed by atoms with Crippen LogP contribution >= 0.6 is 0 Å². The van der Waals surface area contributed by atoms with Crippen LogP contribution in [0.5, 0.6) is 0 Å². The number of amides is 1. The highest BCUT2D eigenvalue weighted by molar-refractivity contribution is 5.76. The Morgan fingerprint density at radius 1 is 1.26 bits per heavy atom. The van der Waals surface area contributed by atoms with Crippen LogP contribution in [0.1, 0.15) is 31.9 Å². The van der Waals surface area contributed by atoms with E-state index in [1.54, 1.807) is 6.26 Å². The summed E-state index contributed by atoms with van der Waals surface area (Å²) in [6.45, 7) is 7.94. The Hall–Kier alpha value is -1.33. The number of furan rings is 1. The molecule has 3 heterocycles. The largest absolute Gasteiger partial charge is 0.469 e. The molecule has 0 aliphatic carbocycles. The van der Waals surface area contributed by atoms with E-state index < -0.39 is 0 Å². The first kappa shape index (κ1) is 16.5. The van der Waals surface area contributed by atoms with E-state index in [1.807, 2.05) is 17.0 Å². The molecule has 1 aromatic rings. The van der Waals surface area contributed by atoms with Crippen molar-refractivity contribution in [3.63, 3.8) is 0 Å². The number of ether oxygens (including phenoxy) is 1. The maximum absolute atomic E-state index is 12.3. The summed E-state index contributed by atoms with van der Waals surface area (Å²) < 4.78 is 10.7. The Morgan fingerprint density at radius 2 is 2.00 bits per heavy atom. The van der Waals surface area contributed by atoms with Crippen molar-refractivity contribution in [1.82, 2.24) is 9.80 Å². The van der Waals surface area contributed by atoms with Crippen LogP contribution in [0.2, 0.25) is 0 Å². The molecule has 5 nitrogen and oxygen atoms in total. The molecule has 0 saturated carbocycles. The van der Waals surface area contributed by atoms with Gasteiger partial charge >= 0.3 is 0 Å². The van der Waals surface area contributed by atoms with Crippen LogP contribution < -0.4 is 0 Å². The van der Waals surface area contributed by atoms with E-state index in [0.717, 1.165) is 58.0 Å². The minimum Gasteiger partial charge on any atom is -0.469 e. The first-order valence-electron chi connectivity index (χ1n) is 8.86. The van der Waals surface area contributed by atoms with Gasteiger partial charge in [0.2, 0.25) is 5.91 Å². The number of hydrogen-bond donors (Lipinski definition) is 0. The lowest BCUT2D eigenvalue weighted by molar-refractivity contribution is -0.133. The highest BCUT2D eigenvalue weighted by Gasteiger charge is 2.29. The van der Waals surface area contributed by atoms with Gasteiger partial charge in [-0.05, 0) is 37.8 Å². The van der Waals surface area contributed by atoms with Crippen LogP contribution in [0, 0.1) is 5.92 Å². The molecule has 2 saturated heterocycles. The smallest absolute Gasteiger partial charge is 0.223 e. The Labute approximate surface area is 138 Å². The monoisotopic (exact) mass is 320 g/mol. The van der Waals surface area contributed by atoms with Crippen LogP contribution in [0.25, 0.3) is 0 Å². The van der Waals surface area contributed by atoms with Crippen molar-refractivity contribution in [3.8, 4) is 0 Å². The highest BCUT2D eigenvalue weighted by atomic mass is 16.5. The number of aryl methyl sites for hydroxylation is 1. The third-order valence-corrected chi connectivity index (χ3v) is 5.36. The second-order valence-electron chi connectivity index (χ2n) is 6.69. The van der Waals surface area contributed by atoms with Gasteiger partial charge in [-0.1, -0.05) is 0 Å². The van der Waals surface area contributed by atoms with Crippen molar-refractivity contribution in [2.24, 2.45) is 5.92 Å². The molecule has 0 radical (unpaired) electrons. The molecule has 2 aliphatic rings. The zero-order chi connectivity index (χ0) is 16.1. The maximum Gasteiger partial charge on any atom is 0.223 e. The van der Waals surface area contributed by atoms with Crippen molar-refractivity contribution in [3.05, 3.63) is 24.2 Å². The van der Waals surface area contributed by atoms with Gasteiger partial charge in [-0.25, -0.2) is 0 Å². The lowest BCUT2D eigenvalue weighted by Gasteiger charge is -2.41. The molecule has 0 aromatic carbocycles. The number of hydrogen-bond acceptors (Lipinski definition) is 4. The van der Waals surface area contributed by atoms with E-state index in [1.165, 1.54) is 0 Å². The van der Waals surface area contributed by atoms with Gasteiger partial charge in [-0.15, -0.1) is 0 Å². The normalized spacial score (nSPS) is 22.2. The van der Waals surface area contributed by atoms with Gasteiger partial charge in [0, 0.05) is 45.1 Å². The summed E-state index contributed by atoms with van der Waals surface area (Å²) in [4.78, 5) is 16.9. The number of rotatable bonds is 5. The third-order valence-electron chi connectivity index (χ3n) is 5.36. The number of nitrogens with zero attached hydrogens (tertiary/aromatic N) is 2. The van der Waals surface area contributed by atoms with E-state index in [4.69, 9.17) is 9.15 Å². The second kappa shape index (κ2) is 7.97. The molecule has 5 heteroatoms. The Balaban J connectivity index is 1.41. The SMILES string of the molecule is CC(C1CCN(C(=O)CCc2ccco2)CC1)N1CCOCC1. The zero-order valence-electron chi connectivity index (χ0n) is 14.1. The third kappa shape index (κ3) is 4.36. The van der Waals surface area contributed by atoms with Gasteiger partial charge in [-0.2, -0.15) is 0 Å². The first-order valence-corrected chi connectivity index (χ1v) is 8.86. The maximum atomic E-state index is 12.3. The molecule has 23 heavy (non-hydrogen) atoms. The summed E-state index contributed by atoms with van der Waals surface area (Å²) in [5.74, 6) is 1.86. The lowest BCUT2D eigenvalue weighted by atomic mass is 9.89. The van der Waals surface area contributed by atoms with E-state index in [-0.39, 0.29) is 5.91 Å². The van der Waals surface area contributed by atoms with Crippen molar-refractivity contribution in [2.45, 2.75) is 38.6 Å². The Morgan fingerprint density at radius 3 is 2.65 bits per heavy atom. The fraction of sp³-hybridized carbons (Fsp3) is 0.722. The van der Waals surface area contributed by atoms with Gasteiger partial charge < -0.3 is 14.1 Å². The summed E-state index contributed by atoms with van der Waals surface area (Å²) >= 11 is 0. The zero-order valence-corrected chi connectivity index (χ0v) is 14.1. The van der Waals surface area contributed by atoms with E-state index in [2.05, 4.69) is 11.8 Å². The fourth-order valence-corrected chi connectivity index (χ4v) is 3.76. The molecule has 0 bridgehead atoms. The van der Waals surface area contributed by atoms with Crippen LogP contribution in [-0.4, -0.2) is 61.1 Å².